The summed E-state index contributed by atoms with van der Waals surface area (Å²) < 4.78 is 5.75. The maximum Gasteiger partial charge on any atom is 0.219 e. The molecule has 5 heteroatoms. The Bertz CT molecular complexity index is 794. The van der Waals surface area contributed by atoms with Gasteiger partial charge in [0.2, 0.25) is 11.8 Å². The van der Waals surface area contributed by atoms with Crippen molar-refractivity contribution >= 4 is 23.6 Å². The summed E-state index contributed by atoms with van der Waals surface area (Å²) in [4.78, 5) is 15.1. The quantitative estimate of drug-likeness (QED) is 0.623. The van der Waals surface area contributed by atoms with E-state index < -0.39 is 0 Å². The van der Waals surface area contributed by atoms with E-state index in [0.717, 1.165) is 10.6 Å². The fourth-order valence-corrected chi connectivity index (χ4v) is 2.69. The first-order chi connectivity index (χ1) is 13.6. The highest BCUT2D eigenvalue weighted by Crippen LogP contribution is 2.44. The van der Waals surface area contributed by atoms with Crippen LogP contribution in [-0.4, -0.2) is 17.4 Å². The van der Waals surface area contributed by atoms with E-state index in [1.165, 1.54) is 25.3 Å². The van der Waals surface area contributed by atoms with Gasteiger partial charge >= 0.3 is 0 Å². The van der Waals surface area contributed by atoms with Crippen LogP contribution in [0, 0.1) is 12.8 Å². The summed E-state index contributed by atoms with van der Waals surface area (Å²) in [5, 5.41) is 3.46. The van der Waals surface area contributed by atoms with Crippen LogP contribution >= 0.6 is 11.6 Å². The number of nitrogens with zero attached hydrogens (tertiary/aromatic N) is 1. The van der Waals surface area contributed by atoms with Gasteiger partial charge < -0.3 is 10.1 Å². The van der Waals surface area contributed by atoms with E-state index in [1.54, 1.807) is 12.3 Å². The van der Waals surface area contributed by atoms with E-state index >= 15 is 0 Å². The van der Waals surface area contributed by atoms with E-state index in [4.69, 9.17) is 16.3 Å². The van der Waals surface area contributed by atoms with Crippen molar-refractivity contribution in [1.82, 2.24) is 10.3 Å². The lowest BCUT2D eigenvalue weighted by atomic mass is 10.1. The Hall–Kier alpha value is -2.77. The molecule has 0 saturated heterocycles. The topological polar surface area (TPSA) is 51.2 Å². The normalized spacial score (nSPS) is 12.2. The summed E-state index contributed by atoms with van der Waals surface area (Å²) >= 11 is 6.31. The highest BCUT2D eigenvalue weighted by Gasteiger charge is 2.25. The second-order valence-electron chi connectivity index (χ2n) is 5.83. The molecule has 1 aromatic carbocycles. The number of carbonyl (C=O) groups is 1. The maximum absolute atomic E-state index is 10.8. The summed E-state index contributed by atoms with van der Waals surface area (Å²) in [5.74, 6) is 1.77. The number of halogens is 1. The van der Waals surface area contributed by atoms with Gasteiger partial charge in [-0.1, -0.05) is 43.7 Å². The van der Waals surface area contributed by atoms with Gasteiger partial charge in [-0.2, -0.15) is 0 Å². The Morgan fingerprint density at radius 2 is 2.00 bits per heavy atom. The Balaban J connectivity index is 0.000000921. The number of ether oxygens (including phenoxy) is 1. The summed E-state index contributed by atoms with van der Waals surface area (Å²) in [7, 11) is 0. The van der Waals surface area contributed by atoms with Crippen LogP contribution in [0.5, 0.6) is 11.6 Å². The number of hydrogen-bond acceptors (Lipinski definition) is 3. The molecule has 1 saturated carbocycles. The highest BCUT2D eigenvalue weighted by atomic mass is 35.5. The Labute approximate surface area is 173 Å². The molecular formula is C23H27ClN2O2. The average molecular weight is 399 g/mol. The Morgan fingerprint density at radius 3 is 2.54 bits per heavy atom. The zero-order valence-electron chi connectivity index (χ0n) is 16.6. The van der Waals surface area contributed by atoms with Gasteiger partial charge in [-0.3, -0.25) is 4.79 Å². The zero-order chi connectivity index (χ0) is 20.9. The zero-order valence-corrected chi connectivity index (χ0v) is 17.4. The smallest absolute Gasteiger partial charge is 0.219 e. The second kappa shape index (κ2) is 12.6. The number of nitrogens with one attached hydrogen (secondary N) is 1. The van der Waals surface area contributed by atoms with Gasteiger partial charge in [0.05, 0.1) is 0 Å². The molecule has 1 aromatic heterocycles. The molecule has 1 N–H and O–H groups in total. The number of benzene rings is 1. The van der Waals surface area contributed by atoms with E-state index in [1.807, 2.05) is 50.3 Å². The van der Waals surface area contributed by atoms with Crippen LogP contribution in [0.1, 0.15) is 50.7 Å². The summed E-state index contributed by atoms with van der Waals surface area (Å²) in [6.45, 7) is 5.99. The fraction of sp³-hybridized carbons (Fsp3) is 0.304. The lowest BCUT2D eigenvalue weighted by Gasteiger charge is -2.08. The van der Waals surface area contributed by atoms with Crippen molar-refractivity contribution in [3.8, 4) is 24.5 Å². The largest absolute Gasteiger partial charge is 0.439 e. The SMILES string of the molecule is C#C.CC.CC(=O)NC/C=C/c1ccc(Oc2ccc(C3CC3)c(Cl)c2)nc1. The summed E-state index contributed by atoms with van der Waals surface area (Å²) in [5.41, 5.74) is 2.14. The molecule has 0 aliphatic heterocycles. The predicted molar refractivity (Wildman–Crippen MR) is 117 cm³/mol. The molecule has 1 aliphatic carbocycles. The molecule has 0 bridgehead atoms. The predicted octanol–water partition coefficient (Wildman–Crippen LogP) is 5.83. The van der Waals surface area contributed by atoms with E-state index in [9.17, 15) is 4.79 Å². The van der Waals surface area contributed by atoms with Gasteiger partial charge in [0, 0.05) is 30.8 Å². The maximum atomic E-state index is 10.8. The van der Waals surface area contributed by atoms with Crippen LogP contribution in [0.15, 0.2) is 42.6 Å². The molecule has 0 spiro atoms. The summed E-state index contributed by atoms with van der Waals surface area (Å²) in [6.07, 6.45) is 15.9. The van der Waals surface area contributed by atoms with Crippen molar-refractivity contribution in [2.45, 2.75) is 39.5 Å². The molecule has 4 nitrogen and oxygen atoms in total. The van der Waals surface area contributed by atoms with Crippen LogP contribution in [0.25, 0.3) is 6.08 Å². The van der Waals surface area contributed by atoms with Gasteiger partial charge in [-0.15, -0.1) is 12.8 Å². The van der Waals surface area contributed by atoms with Crippen molar-refractivity contribution in [1.29, 1.82) is 0 Å². The van der Waals surface area contributed by atoms with Gasteiger partial charge in [0.25, 0.3) is 0 Å². The molecule has 2 aromatic rings. The molecule has 0 atom stereocenters. The van der Waals surface area contributed by atoms with Gasteiger partial charge in [-0.25, -0.2) is 4.98 Å². The third kappa shape index (κ3) is 7.85. The lowest BCUT2D eigenvalue weighted by Crippen LogP contribution is -2.19. The van der Waals surface area contributed by atoms with E-state index in [0.29, 0.717) is 24.1 Å². The molecule has 0 unspecified atom stereocenters. The fourth-order valence-electron chi connectivity index (χ4n) is 2.37. The van der Waals surface area contributed by atoms with Crippen LogP contribution in [0.2, 0.25) is 5.02 Å². The number of pyridine rings is 1. The number of rotatable bonds is 6. The Morgan fingerprint density at radius 1 is 1.29 bits per heavy atom. The van der Waals surface area contributed by atoms with Crippen molar-refractivity contribution in [3.63, 3.8) is 0 Å². The van der Waals surface area contributed by atoms with Crippen LogP contribution < -0.4 is 10.1 Å². The molecule has 1 fully saturated rings. The minimum absolute atomic E-state index is 0.0483. The number of carbonyl (C=O) groups excluding carboxylic acids is 1. The van der Waals surface area contributed by atoms with Crippen LogP contribution in [0.4, 0.5) is 0 Å². The molecule has 1 amide bonds. The molecular weight excluding hydrogens is 372 g/mol. The first kappa shape index (κ1) is 23.3. The van der Waals surface area contributed by atoms with Crippen LogP contribution in [0.3, 0.4) is 0 Å². The lowest BCUT2D eigenvalue weighted by molar-refractivity contribution is -0.118. The van der Waals surface area contributed by atoms with E-state index in [2.05, 4.69) is 23.1 Å². The number of terminal acetylenes is 1. The molecule has 148 valence electrons. The second-order valence-corrected chi connectivity index (χ2v) is 6.24. The molecule has 1 heterocycles. The number of aromatic nitrogens is 1. The number of hydrogen-bond donors (Lipinski definition) is 1. The van der Waals surface area contributed by atoms with Crippen molar-refractivity contribution < 1.29 is 9.53 Å². The van der Waals surface area contributed by atoms with Gasteiger partial charge in [0.1, 0.15) is 5.75 Å². The Kier molecular flexibility index (Phi) is 10.5. The van der Waals surface area contributed by atoms with Crippen molar-refractivity contribution in [2.75, 3.05) is 6.54 Å². The van der Waals surface area contributed by atoms with Gasteiger partial charge in [-0.05, 0) is 48.1 Å². The monoisotopic (exact) mass is 398 g/mol. The third-order valence-corrected chi connectivity index (χ3v) is 4.08. The third-order valence-electron chi connectivity index (χ3n) is 3.75. The van der Waals surface area contributed by atoms with Crippen molar-refractivity contribution in [3.05, 3.63) is 58.8 Å². The molecule has 3 rings (SSSR count). The van der Waals surface area contributed by atoms with Crippen molar-refractivity contribution in [2.24, 2.45) is 0 Å². The number of amides is 1. The highest BCUT2D eigenvalue weighted by molar-refractivity contribution is 6.31. The summed E-state index contributed by atoms with van der Waals surface area (Å²) in [6, 6.07) is 9.53. The average Bonchev–Trinajstić information content (AvgIpc) is 3.55. The minimum Gasteiger partial charge on any atom is -0.439 e. The molecule has 0 radical (unpaired) electrons. The van der Waals surface area contributed by atoms with E-state index in [-0.39, 0.29) is 5.91 Å². The van der Waals surface area contributed by atoms with Crippen LogP contribution in [-0.2, 0) is 4.79 Å². The minimum atomic E-state index is -0.0483. The van der Waals surface area contributed by atoms with Gasteiger partial charge in [0.15, 0.2) is 0 Å². The molecule has 28 heavy (non-hydrogen) atoms. The first-order valence-electron chi connectivity index (χ1n) is 9.29. The first-order valence-corrected chi connectivity index (χ1v) is 9.67. The standard InChI is InChI=1S/C19H19ClN2O2.C2H6.C2H2/c1-13(23)21-10-2-3-14-4-9-19(22-12-14)24-16-7-8-17(15-5-6-15)18(20)11-16;2*1-2/h2-4,7-9,11-12,15H,5-6,10H2,1H3,(H,21,23);1-2H3;1-2H/b3-2+;;. The molecule has 1 aliphatic rings.